The highest BCUT2D eigenvalue weighted by Gasteiger charge is 2.24. The molecule has 0 saturated carbocycles. The molecule has 218 valence electrons. The van der Waals surface area contributed by atoms with E-state index in [0.29, 0.717) is 17.5 Å². The van der Waals surface area contributed by atoms with E-state index < -0.39 is 0 Å². The predicted octanol–water partition coefficient (Wildman–Crippen LogP) is 11.2. The minimum Gasteiger partial charge on any atom is -0.456 e. The summed E-state index contributed by atoms with van der Waals surface area (Å²) in [4.78, 5) is 14.7. The Kier molecular flexibility index (Phi) is 5.54. The Morgan fingerprint density at radius 3 is 1.28 bits per heavy atom. The Bertz CT molecular complexity index is 2540. The third-order valence-corrected chi connectivity index (χ3v) is 9.30. The molecule has 9 aromatic rings. The van der Waals surface area contributed by atoms with E-state index >= 15 is 0 Å². The fourth-order valence-electron chi connectivity index (χ4n) is 7.16. The van der Waals surface area contributed by atoms with Gasteiger partial charge in [-0.2, -0.15) is 0 Å². The molecular formula is C43H25N3O. The van der Waals surface area contributed by atoms with Crippen LogP contribution in [0.25, 0.3) is 100 Å². The van der Waals surface area contributed by atoms with E-state index in [2.05, 4.69) is 91.0 Å². The van der Waals surface area contributed by atoms with Gasteiger partial charge in [0.2, 0.25) is 0 Å². The van der Waals surface area contributed by atoms with Crippen LogP contribution < -0.4 is 0 Å². The van der Waals surface area contributed by atoms with Gasteiger partial charge in [0, 0.05) is 27.5 Å². The molecule has 1 aliphatic rings. The lowest BCUT2D eigenvalue weighted by Crippen LogP contribution is -2.00. The standard InChI is InChI=1S/C43H25N3O/c1-3-10-27(11-4-1)41-44-42(28-12-5-2-6-13-28)46-43(45-41)29-22-20-26(21-23-29)30-24-25-35-34-17-9-19-37-40(34)39-33(16-8-18-36(39)47-37)32-15-7-14-31(30)38(32)35/h1-25H. The molecule has 4 nitrogen and oxygen atoms in total. The van der Waals surface area contributed by atoms with Crippen molar-refractivity contribution >= 4 is 32.7 Å². The van der Waals surface area contributed by atoms with Crippen molar-refractivity contribution in [2.45, 2.75) is 0 Å². The zero-order chi connectivity index (χ0) is 30.9. The van der Waals surface area contributed by atoms with Crippen LogP contribution in [0.15, 0.2) is 156 Å². The molecule has 1 aliphatic carbocycles. The molecule has 2 heterocycles. The van der Waals surface area contributed by atoms with Crippen molar-refractivity contribution < 1.29 is 4.42 Å². The second-order valence-corrected chi connectivity index (χ2v) is 12.0. The van der Waals surface area contributed by atoms with Crippen LogP contribution in [0.1, 0.15) is 0 Å². The Hall–Kier alpha value is -6.39. The number of benzene rings is 7. The lowest BCUT2D eigenvalue weighted by Gasteiger charge is -2.15. The second-order valence-electron chi connectivity index (χ2n) is 12.0. The van der Waals surface area contributed by atoms with Gasteiger partial charge in [-0.25, -0.2) is 15.0 Å². The topological polar surface area (TPSA) is 51.8 Å². The lowest BCUT2D eigenvalue weighted by atomic mass is 9.88. The quantitative estimate of drug-likeness (QED) is 0.202. The van der Waals surface area contributed by atoms with Gasteiger partial charge in [-0.05, 0) is 56.3 Å². The molecule has 47 heavy (non-hydrogen) atoms. The van der Waals surface area contributed by atoms with Gasteiger partial charge >= 0.3 is 0 Å². The van der Waals surface area contributed by atoms with E-state index in [-0.39, 0.29) is 0 Å². The smallest absolute Gasteiger partial charge is 0.164 e. The zero-order valence-electron chi connectivity index (χ0n) is 25.2. The van der Waals surface area contributed by atoms with E-state index in [0.717, 1.165) is 33.4 Å². The maximum absolute atomic E-state index is 6.31. The van der Waals surface area contributed by atoms with Crippen molar-refractivity contribution in [1.29, 1.82) is 0 Å². The molecule has 0 unspecified atom stereocenters. The number of fused-ring (bicyclic) bond motifs is 2. The molecule has 7 aromatic carbocycles. The molecular weight excluding hydrogens is 574 g/mol. The number of aromatic nitrogens is 3. The summed E-state index contributed by atoms with van der Waals surface area (Å²) in [6, 6.07) is 52.7. The third-order valence-electron chi connectivity index (χ3n) is 9.30. The fourth-order valence-corrected chi connectivity index (χ4v) is 7.16. The first kappa shape index (κ1) is 25.9. The van der Waals surface area contributed by atoms with Gasteiger partial charge in [-0.15, -0.1) is 0 Å². The first-order valence-electron chi connectivity index (χ1n) is 15.8. The van der Waals surface area contributed by atoms with Crippen LogP contribution in [0.4, 0.5) is 0 Å². The average molecular weight is 600 g/mol. The molecule has 0 bridgehead atoms. The Labute approximate surface area is 270 Å². The average Bonchev–Trinajstić information content (AvgIpc) is 3.48. The summed E-state index contributed by atoms with van der Waals surface area (Å²) in [5.74, 6) is 1.96. The SMILES string of the molecule is c1ccc(-c2nc(-c3ccccc3)nc(-c3ccc(-c4ccc5c6c(cccc46)-c4cccc6oc7cccc-5c7c46)cc3)n2)cc1. The van der Waals surface area contributed by atoms with Gasteiger partial charge in [0.15, 0.2) is 17.5 Å². The first-order chi connectivity index (χ1) is 23.3. The highest BCUT2D eigenvalue weighted by atomic mass is 16.3. The molecule has 10 rings (SSSR count). The molecule has 0 N–H and O–H groups in total. The van der Waals surface area contributed by atoms with Gasteiger partial charge in [0.25, 0.3) is 0 Å². The van der Waals surface area contributed by atoms with Crippen LogP contribution in [0.2, 0.25) is 0 Å². The van der Waals surface area contributed by atoms with Crippen LogP contribution >= 0.6 is 0 Å². The Morgan fingerprint density at radius 1 is 0.298 bits per heavy atom. The van der Waals surface area contributed by atoms with Gasteiger partial charge in [0.1, 0.15) is 11.2 Å². The van der Waals surface area contributed by atoms with Crippen molar-refractivity contribution in [3.63, 3.8) is 0 Å². The monoisotopic (exact) mass is 599 g/mol. The van der Waals surface area contributed by atoms with Gasteiger partial charge < -0.3 is 4.42 Å². The molecule has 0 spiro atoms. The van der Waals surface area contributed by atoms with Crippen LogP contribution in [0.5, 0.6) is 0 Å². The largest absolute Gasteiger partial charge is 0.456 e. The number of hydrogen-bond acceptors (Lipinski definition) is 4. The van der Waals surface area contributed by atoms with Gasteiger partial charge in [-0.3, -0.25) is 0 Å². The van der Waals surface area contributed by atoms with E-state index in [1.54, 1.807) is 0 Å². The molecule has 0 radical (unpaired) electrons. The highest BCUT2D eigenvalue weighted by Crippen LogP contribution is 2.50. The number of furan rings is 1. The molecule has 0 fully saturated rings. The zero-order valence-corrected chi connectivity index (χ0v) is 25.2. The van der Waals surface area contributed by atoms with Crippen molar-refractivity contribution in [2.24, 2.45) is 0 Å². The van der Waals surface area contributed by atoms with E-state index in [1.807, 2.05) is 60.7 Å². The number of hydrogen-bond donors (Lipinski definition) is 0. The number of nitrogens with zero attached hydrogens (tertiary/aromatic N) is 3. The lowest BCUT2D eigenvalue weighted by molar-refractivity contribution is 0.669. The van der Waals surface area contributed by atoms with Crippen molar-refractivity contribution in [3.8, 4) is 67.5 Å². The van der Waals surface area contributed by atoms with E-state index in [1.165, 1.54) is 49.4 Å². The van der Waals surface area contributed by atoms with Gasteiger partial charge in [0.05, 0.1) is 0 Å². The normalized spacial score (nSPS) is 11.8. The van der Waals surface area contributed by atoms with E-state index in [4.69, 9.17) is 19.4 Å². The molecule has 0 saturated heterocycles. The predicted molar refractivity (Wildman–Crippen MR) is 191 cm³/mol. The fraction of sp³-hybridized carbons (Fsp3) is 0. The van der Waals surface area contributed by atoms with Crippen LogP contribution in [0, 0.1) is 0 Å². The minimum absolute atomic E-state index is 0.647. The van der Waals surface area contributed by atoms with E-state index in [9.17, 15) is 0 Å². The third kappa shape index (κ3) is 3.98. The Balaban J connectivity index is 1.13. The van der Waals surface area contributed by atoms with Crippen LogP contribution in [0.3, 0.4) is 0 Å². The summed E-state index contributed by atoms with van der Waals surface area (Å²) in [7, 11) is 0. The summed E-state index contributed by atoms with van der Waals surface area (Å²) >= 11 is 0. The molecule has 0 aliphatic heterocycles. The summed E-state index contributed by atoms with van der Waals surface area (Å²) in [5, 5.41) is 4.87. The van der Waals surface area contributed by atoms with Crippen molar-refractivity contribution in [1.82, 2.24) is 15.0 Å². The first-order valence-corrected chi connectivity index (χ1v) is 15.8. The molecule has 0 amide bonds. The maximum Gasteiger partial charge on any atom is 0.164 e. The molecule has 0 atom stereocenters. The Morgan fingerprint density at radius 2 is 0.723 bits per heavy atom. The molecule has 2 aromatic heterocycles. The highest BCUT2D eigenvalue weighted by molar-refractivity contribution is 6.26. The summed E-state index contributed by atoms with van der Waals surface area (Å²) < 4.78 is 6.31. The molecule has 4 heteroatoms. The van der Waals surface area contributed by atoms with Gasteiger partial charge in [-0.1, -0.05) is 140 Å². The summed E-state index contributed by atoms with van der Waals surface area (Å²) in [6.07, 6.45) is 0. The van der Waals surface area contributed by atoms with Crippen LogP contribution in [-0.4, -0.2) is 15.0 Å². The number of rotatable bonds is 4. The second kappa shape index (κ2) is 10.1. The van der Waals surface area contributed by atoms with Crippen LogP contribution in [-0.2, 0) is 0 Å². The summed E-state index contributed by atoms with van der Waals surface area (Å²) in [5.41, 5.74) is 11.9. The van der Waals surface area contributed by atoms with Crippen molar-refractivity contribution in [3.05, 3.63) is 152 Å². The minimum atomic E-state index is 0.647. The maximum atomic E-state index is 6.31. The van der Waals surface area contributed by atoms with Crippen molar-refractivity contribution in [2.75, 3.05) is 0 Å². The summed E-state index contributed by atoms with van der Waals surface area (Å²) in [6.45, 7) is 0.